The predicted octanol–water partition coefficient (Wildman–Crippen LogP) is 3.74. The predicted molar refractivity (Wildman–Crippen MR) is 87.1 cm³/mol. The van der Waals surface area contributed by atoms with Crippen LogP contribution in [-0.4, -0.2) is 32.4 Å². The van der Waals surface area contributed by atoms with Crippen LogP contribution >= 0.6 is 0 Å². The average Bonchev–Trinajstić information content (AvgIpc) is 2.52. The van der Waals surface area contributed by atoms with Crippen LogP contribution in [0.4, 0.5) is 0 Å². The fraction of sp³-hybridized carbons (Fsp3) is 0.667. The number of rotatable bonds is 9. The van der Waals surface area contributed by atoms with Crippen LogP contribution in [0.1, 0.15) is 51.0 Å². The Morgan fingerprint density at radius 2 is 2.14 bits per heavy atom. The summed E-state index contributed by atoms with van der Waals surface area (Å²) >= 11 is 0. The van der Waals surface area contributed by atoms with Crippen LogP contribution in [-0.2, 0) is 4.74 Å². The molecule has 0 fully saturated rings. The molecule has 1 aliphatic rings. The number of hydrogen-bond acceptors (Lipinski definition) is 3. The minimum atomic E-state index is 0.531. The number of para-hydroxylation sites is 1. The molecule has 0 aromatic heterocycles. The summed E-state index contributed by atoms with van der Waals surface area (Å²) in [6.07, 6.45) is 4.48. The van der Waals surface area contributed by atoms with Gasteiger partial charge in [0.25, 0.3) is 0 Å². The largest absolute Gasteiger partial charge is 0.493 e. The molecule has 3 nitrogen and oxygen atoms in total. The highest BCUT2D eigenvalue weighted by molar-refractivity contribution is 5.37. The molecule has 2 atom stereocenters. The van der Waals surface area contributed by atoms with E-state index in [1.54, 1.807) is 0 Å². The molecule has 0 amide bonds. The molecule has 2 rings (SSSR count). The molecule has 1 aromatic carbocycles. The van der Waals surface area contributed by atoms with Crippen molar-refractivity contribution in [3.05, 3.63) is 29.8 Å². The van der Waals surface area contributed by atoms with Crippen LogP contribution in [0.15, 0.2) is 24.3 Å². The Kier molecular flexibility index (Phi) is 7.04. The second-order valence-corrected chi connectivity index (χ2v) is 5.76. The molecular weight excluding hydrogens is 262 g/mol. The molecule has 118 valence electrons. The summed E-state index contributed by atoms with van der Waals surface area (Å²) in [5.74, 6) is 1.68. The van der Waals surface area contributed by atoms with E-state index in [2.05, 4.69) is 43.4 Å². The van der Waals surface area contributed by atoms with Gasteiger partial charge in [0.2, 0.25) is 0 Å². The third-order valence-electron chi connectivity index (χ3n) is 4.10. The van der Waals surface area contributed by atoms with E-state index in [4.69, 9.17) is 9.47 Å². The molecule has 0 radical (unpaired) electrons. The summed E-state index contributed by atoms with van der Waals surface area (Å²) < 4.78 is 11.4. The minimum Gasteiger partial charge on any atom is -0.493 e. The molecular formula is C18H29NO2. The minimum absolute atomic E-state index is 0.531. The molecule has 3 heteroatoms. The number of hydrogen-bond donors (Lipinski definition) is 1. The number of nitrogens with one attached hydrogen (secondary N) is 1. The zero-order valence-electron chi connectivity index (χ0n) is 13.4. The summed E-state index contributed by atoms with van der Waals surface area (Å²) in [5.41, 5.74) is 1.38. The first-order valence-electron chi connectivity index (χ1n) is 8.38. The van der Waals surface area contributed by atoms with Crippen LogP contribution in [0.3, 0.4) is 0 Å². The van der Waals surface area contributed by atoms with Gasteiger partial charge in [-0.2, -0.15) is 0 Å². The lowest BCUT2D eigenvalue weighted by Gasteiger charge is -2.29. The summed E-state index contributed by atoms with van der Waals surface area (Å²) in [5, 5.41) is 3.62. The second-order valence-electron chi connectivity index (χ2n) is 5.76. The van der Waals surface area contributed by atoms with Crippen LogP contribution in [0.25, 0.3) is 0 Å². The highest BCUT2D eigenvalue weighted by Gasteiger charge is 2.23. The van der Waals surface area contributed by atoms with Gasteiger partial charge in [-0.25, -0.2) is 0 Å². The molecule has 0 aliphatic carbocycles. The van der Waals surface area contributed by atoms with Gasteiger partial charge in [0.1, 0.15) is 5.75 Å². The van der Waals surface area contributed by atoms with Crippen molar-refractivity contribution in [1.82, 2.24) is 5.32 Å². The van der Waals surface area contributed by atoms with Crippen molar-refractivity contribution in [2.24, 2.45) is 0 Å². The monoisotopic (exact) mass is 291 g/mol. The van der Waals surface area contributed by atoms with Crippen molar-refractivity contribution < 1.29 is 9.47 Å². The van der Waals surface area contributed by atoms with Crippen LogP contribution < -0.4 is 10.1 Å². The third kappa shape index (κ3) is 5.01. The zero-order chi connectivity index (χ0) is 14.9. The maximum Gasteiger partial charge on any atom is 0.122 e. The maximum atomic E-state index is 5.76. The first kappa shape index (κ1) is 16.3. The second kappa shape index (κ2) is 9.06. The van der Waals surface area contributed by atoms with Gasteiger partial charge in [-0.05, 0) is 49.8 Å². The fourth-order valence-corrected chi connectivity index (χ4v) is 3.07. The topological polar surface area (TPSA) is 30.5 Å². The number of benzene rings is 1. The molecule has 1 aromatic rings. The summed E-state index contributed by atoms with van der Waals surface area (Å²) in [7, 11) is 0. The van der Waals surface area contributed by atoms with Gasteiger partial charge >= 0.3 is 0 Å². The van der Waals surface area contributed by atoms with Gasteiger partial charge in [-0.3, -0.25) is 0 Å². The first-order chi connectivity index (χ1) is 10.3. The van der Waals surface area contributed by atoms with Crippen molar-refractivity contribution in [3.8, 4) is 5.75 Å². The highest BCUT2D eigenvalue weighted by Crippen LogP contribution is 2.36. The molecule has 2 unspecified atom stereocenters. The Hall–Kier alpha value is -1.06. The van der Waals surface area contributed by atoms with Gasteiger partial charge in [0.15, 0.2) is 0 Å². The summed E-state index contributed by atoms with van der Waals surface area (Å²) in [6.45, 7) is 7.92. The average molecular weight is 291 g/mol. The van der Waals surface area contributed by atoms with Crippen molar-refractivity contribution in [2.75, 3.05) is 26.4 Å². The van der Waals surface area contributed by atoms with E-state index in [0.29, 0.717) is 12.0 Å². The van der Waals surface area contributed by atoms with Gasteiger partial charge in [0, 0.05) is 19.3 Å². The molecule has 0 saturated heterocycles. The number of fused-ring (bicyclic) bond motifs is 1. The first-order valence-corrected chi connectivity index (χ1v) is 8.38. The van der Waals surface area contributed by atoms with E-state index in [0.717, 1.165) is 51.4 Å². The Morgan fingerprint density at radius 1 is 1.29 bits per heavy atom. The number of ether oxygens (including phenoxy) is 2. The van der Waals surface area contributed by atoms with E-state index < -0.39 is 0 Å². The Bertz CT molecular complexity index is 408. The lowest BCUT2D eigenvalue weighted by molar-refractivity contribution is 0.122. The lowest BCUT2D eigenvalue weighted by Crippen LogP contribution is -2.33. The summed E-state index contributed by atoms with van der Waals surface area (Å²) in [4.78, 5) is 0. The molecule has 0 bridgehead atoms. The van der Waals surface area contributed by atoms with Crippen LogP contribution in [0.5, 0.6) is 5.75 Å². The summed E-state index contributed by atoms with van der Waals surface area (Å²) in [6, 6.07) is 9.02. The molecule has 0 saturated carbocycles. The van der Waals surface area contributed by atoms with E-state index in [1.165, 1.54) is 12.0 Å². The SMILES string of the molecule is CCCOCCC(CC1CCOc2ccccc21)NCC. The molecule has 21 heavy (non-hydrogen) atoms. The molecule has 1 aliphatic heterocycles. The Balaban J connectivity index is 1.91. The smallest absolute Gasteiger partial charge is 0.122 e. The zero-order valence-corrected chi connectivity index (χ0v) is 13.4. The molecule has 0 spiro atoms. The molecule has 1 N–H and O–H groups in total. The van der Waals surface area contributed by atoms with Crippen LogP contribution in [0.2, 0.25) is 0 Å². The van der Waals surface area contributed by atoms with Crippen molar-refractivity contribution in [2.45, 2.75) is 51.5 Å². The van der Waals surface area contributed by atoms with E-state index >= 15 is 0 Å². The van der Waals surface area contributed by atoms with Gasteiger partial charge < -0.3 is 14.8 Å². The normalized spacial score (nSPS) is 18.9. The van der Waals surface area contributed by atoms with Crippen molar-refractivity contribution in [1.29, 1.82) is 0 Å². The van der Waals surface area contributed by atoms with Gasteiger partial charge in [-0.15, -0.1) is 0 Å². The Labute approximate surface area is 129 Å². The van der Waals surface area contributed by atoms with Gasteiger partial charge in [-0.1, -0.05) is 32.0 Å². The van der Waals surface area contributed by atoms with E-state index in [1.807, 2.05) is 0 Å². The van der Waals surface area contributed by atoms with Gasteiger partial charge in [0.05, 0.1) is 6.61 Å². The standard InChI is InChI=1S/C18H29NO2/c1-3-11-20-12-10-16(19-4-2)14-15-9-13-21-18-8-6-5-7-17(15)18/h5-8,15-16,19H,3-4,9-14H2,1-2H3. The quantitative estimate of drug-likeness (QED) is 0.703. The van der Waals surface area contributed by atoms with Crippen LogP contribution in [0, 0.1) is 0 Å². The third-order valence-corrected chi connectivity index (χ3v) is 4.10. The van der Waals surface area contributed by atoms with E-state index in [-0.39, 0.29) is 0 Å². The van der Waals surface area contributed by atoms with E-state index in [9.17, 15) is 0 Å². The fourth-order valence-electron chi connectivity index (χ4n) is 3.07. The van der Waals surface area contributed by atoms with Crippen molar-refractivity contribution in [3.63, 3.8) is 0 Å². The molecule has 1 heterocycles. The maximum absolute atomic E-state index is 5.76. The highest BCUT2D eigenvalue weighted by atomic mass is 16.5. The van der Waals surface area contributed by atoms with Crippen molar-refractivity contribution >= 4 is 0 Å². The Morgan fingerprint density at radius 3 is 2.95 bits per heavy atom. The lowest BCUT2D eigenvalue weighted by atomic mass is 9.86.